The van der Waals surface area contributed by atoms with Gasteiger partial charge in [0.15, 0.2) is 18.3 Å². The second-order valence-electron chi connectivity index (χ2n) is 8.92. The lowest BCUT2D eigenvalue weighted by Crippen LogP contribution is -2.49. The fourth-order valence-corrected chi connectivity index (χ4v) is 4.44. The monoisotopic (exact) mass is 529 g/mol. The Morgan fingerprint density at radius 3 is 2.55 bits per heavy atom. The molecule has 0 atom stereocenters. The van der Waals surface area contributed by atoms with E-state index in [1.165, 1.54) is 18.5 Å². The number of imidazole rings is 1. The van der Waals surface area contributed by atoms with Crippen molar-refractivity contribution in [2.24, 2.45) is 0 Å². The van der Waals surface area contributed by atoms with Gasteiger partial charge in [-0.05, 0) is 24.3 Å². The molecule has 0 radical (unpaired) electrons. The Morgan fingerprint density at radius 1 is 1.08 bits per heavy atom. The zero-order valence-electron chi connectivity index (χ0n) is 20.9. The molecule has 12 heteroatoms. The van der Waals surface area contributed by atoms with E-state index >= 15 is 0 Å². The van der Waals surface area contributed by atoms with E-state index in [1.54, 1.807) is 35.8 Å². The normalized spacial score (nSPS) is 14.2. The van der Waals surface area contributed by atoms with E-state index in [2.05, 4.69) is 14.9 Å². The molecule has 0 unspecified atom stereocenters. The van der Waals surface area contributed by atoms with Gasteiger partial charge in [-0.25, -0.2) is 9.97 Å². The molecule has 1 fully saturated rings. The van der Waals surface area contributed by atoms with Crippen molar-refractivity contribution in [2.75, 3.05) is 44.8 Å². The summed E-state index contributed by atoms with van der Waals surface area (Å²) in [6, 6.07) is 10.3. The van der Waals surface area contributed by atoms with Gasteiger partial charge in [-0.2, -0.15) is 13.2 Å². The second kappa shape index (κ2) is 10.3. The highest BCUT2D eigenvalue weighted by Crippen LogP contribution is 2.34. The lowest BCUT2D eigenvalue weighted by Gasteiger charge is -2.36. The number of alkyl halides is 3. The molecule has 9 nitrogen and oxygen atoms in total. The first kappa shape index (κ1) is 25.4. The number of rotatable bonds is 7. The van der Waals surface area contributed by atoms with Crippen LogP contribution in [0, 0.1) is 6.92 Å². The smallest absolute Gasteiger partial charge is 0.422 e. The Kier molecular flexibility index (Phi) is 6.87. The second-order valence-corrected chi connectivity index (χ2v) is 8.92. The highest BCUT2D eigenvalue weighted by Gasteiger charge is 2.28. The third-order valence-corrected chi connectivity index (χ3v) is 6.37. The number of carbonyl (C=O) groups is 1. The van der Waals surface area contributed by atoms with Crippen LogP contribution in [0.5, 0.6) is 11.5 Å². The lowest BCUT2D eigenvalue weighted by atomic mass is 10.1. The van der Waals surface area contributed by atoms with E-state index < -0.39 is 12.8 Å². The van der Waals surface area contributed by atoms with Gasteiger partial charge in [0, 0.05) is 50.9 Å². The zero-order chi connectivity index (χ0) is 26.9. The molecule has 2 aromatic heterocycles. The number of ether oxygens (including phenoxy) is 2. The first-order chi connectivity index (χ1) is 18.2. The van der Waals surface area contributed by atoms with Crippen molar-refractivity contribution in [3.8, 4) is 22.8 Å². The summed E-state index contributed by atoms with van der Waals surface area (Å²) in [6.07, 6.45) is -1.26. The molecule has 1 aliphatic heterocycles. The maximum atomic E-state index is 13.0. The van der Waals surface area contributed by atoms with E-state index in [9.17, 15) is 18.0 Å². The maximum absolute atomic E-state index is 13.0. The van der Waals surface area contributed by atoms with Gasteiger partial charge in [0.05, 0.1) is 36.2 Å². The maximum Gasteiger partial charge on any atom is 0.422 e. The number of amides is 1. The number of aromatic nitrogens is 3. The minimum absolute atomic E-state index is 0.0261. The average Bonchev–Trinajstić information content (AvgIpc) is 3.52. The molecule has 2 aromatic carbocycles. The number of methoxy groups -OCH3 is 1. The van der Waals surface area contributed by atoms with Gasteiger partial charge in [-0.15, -0.1) is 0 Å². The van der Waals surface area contributed by atoms with Gasteiger partial charge in [-0.1, -0.05) is 0 Å². The Balaban J connectivity index is 1.22. The molecular formula is C26H26F3N5O4. The van der Waals surface area contributed by atoms with E-state index in [-0.39, 0.29) is 18.2 Å². The Labute approximate surface area is 216 Å². The quantitative estimate of drug-likeness (QED) is 0.353. The molecule has 0 spiro atoms. The Hall–Kier alpha value is -4.22. The number of anilines is 1. The van der Waals surface area contributed by atoms with E-state index in [4.69, 9.17) is 13.9 Å². The summed E-state index contributed by atoms with van der Waals surface area (Å²) in [6.45, 7) is 2.74. The first-order valence-electron chi connectivity index (χ1n) is 12.0. The van der Waals surface area contributed by atoms with Crippen LogP contribution in [0.25, 0.3) is 22.4 Å². The van der Waals surface area contributed by atoms with Gasteiger partial charge in [-0.3, -0.25) is 4.79 Å². The lowest BCUT2D eigenvalue weighted by molar-refractivity contribution is -0.153. The molecule has 0 saturated carbocycles. The van der Waals surface area contributed by atoms with Crippen LogP contribution >= 0.6 is 0 Å². The van der Waals surface area contributed by atoms with E-state index in [0.29, 0.717) is 54.6 Å². The van der Waals surface area contributed by atoms with E-state index in [0.717, 1.165) is 11.3 Å². The largest absolute Gasteiger partial charge is 0.496 e. The van der Waals surface area contributed by atoms with Crippen molar-refractivity contribution in [2.45, 2.75) is 19.6 Å². The molecule has 4 aromatic rings. The molecule has 0 N–H and O–H groups in total. The number of hydrogen-bond donors (Lipinski definition) is 0. The standard InChI is InChI=1S/C26H26F3N5O4/c1-17-30-13-24(38-17)20-5-3-18(11-23(20)36-2)32-7-9-33(10-8-32)25(35)14-34-16-31-21-6-4-19(12-22(21)34)37-15-26(27,28)29/h3-6,11-13,16H,7-10,14-15H2,1-2H3. The molecule has 3 heterocycles. The van der Waals surface area contributed by atoms with Gasteiger partial charge in [0.25, 0.3) is 0 Å². The highest BCUT2D eigenvalue weighted by molar-refractivity contribution is 5.81. The molecule has 38 heavy (non-hydrogen) atoms. The molecule has 5 rings (SSSR count). The third-order valence-electron chi connectivity index (χ3n) is 6.37. The van der Waals surface area contributed by atoms with Crippen LogP contribution in [-0.2, 0) is 11.3 Å². The number of oxazole rings is 1. The van der Waals surface area contributed by atoms with Crippen molar-refractivity contribution >= 4 is 22.6 Å². The van der Waals surface area contributed by atoms with Crippen molar-refractivity contribution in [3.63, 3.8) is 0 Å². The van der Waals surface area contributed by atoms with Crippen LogP contribution in [-0.4, -0.2) is 71.4 Å². The number of carbonyl (C=O) groups excluding carboxylic acids is 1. The summed E-state index contributed by atoms with van der Waals surface area (Å²) in [5.41, 5.74) is 2.89. The molecule has 1 amide bonds. The number of nitrogens with zero attached hydrogens (tertiary/aromatic N) is 5. The van der Waals surface area contributed by atoms with Crippen LogP contribution in [0.2, 0.25) is 0 Å². The number of hydrogen-bond acceptors (Lipinski definition) is 7. The highest BCUT2D eigenvalue weighted by atomic mass is 19.4. The molecule has 0 bridgehead atoms. The molecular weight excluding hydrogens is 503 g/mol. The van der Waals surface area contributed by atoms with Crippen molar-refractivity contribution in [1.29, 1.82) is 0 Å². The Morgan fingerprint density at radius 2 is 1.87 bits per heavy atom. The van der Waals surface area contributed by atoms with Crippen LogP contribution in [0.4, 0.5) is 18.9 Å². The summed E-state index contributed by atoms with van der Waals surface area (Å²) >= 11 is 0. The summed E-state index contributed by atoms with van der Waals surface area (Å²) in [7, 11) is 1.60. The number of fused-ring (bicyclic) bond motifs is 1. The van der Waals surface area contributed by atoms with Gasteiger partial charge < -0.3 is 28.3 Å². The van der Waals surface area contributed by atoms with Gasteiger partial charge >= 0.3 is 6.18 Å². The molecule has 1 saturated heterocycles. The Bertz CT molecular complexity index is 1440. The molecule has 200 valence electrons. The SMILES string of the molecule is COc1cc(N2CCN(C(=O)Cn3cnc4ccc(OCC(F)(F)F)cc43)CC2)ccc1-c1cnc(C)o1. The predicted octanol–water partition coefficient (Wildman–Crippen LogP) is 4.30. The minimum Gasteiger partial charge on any atom is -0.496 e. The van der Waals surface area contributed by atoms with Crippen LogP contribution < -0.4 is 14.4 Å². The van der Waals surface area contributed by atoms with Crippen LogP contribution in [0.15, 0.2) is 53.3 Å². The molecule has 0 aliphatic carbocycles. The number of aryl methyl sites for hydroxylation is 1. The summed E-state index contributed by atoms with van der Waals surface area (Å²) < 4.78 is 55.2. The van der Waals surface area contributed by atoms with Crippen LogP contribution in [0.1, 0.15) is 5.89 Å². The fraction of sp³-hybridized carbons (Fsp3) is 0.346. The summed E-state index contributed by atoms with van der Waals surface area (Å²) in [5.74, 6) is 1.85. The summed E-state index contributed by atoms with van der Waals surface area (Å²) in [5, 5.41) is 0. The van der Waals surface area contributed by atoms with Crippen molar-refractivity contribution < 1.29 is 31.9 Å². The number of halogens is 3. The zero-order valence-corrected chi connectivity index (χ0v) is 20.9. The predicted molar refractivity (Wildman–Crippen MR) is 133 cm³/mol. The number of piperazine rings is 1. The summed E-state index contributed by atoms with van der Waals surface area (Å²) in [4.78, 5) is 25.4. The minimum atomic E-state index is -4.43. The van der Waals surface area contributed by atoms with E-state index in [1.807, 2.05) is 18.2 Å². The number of benzene rings is 2. The van der Waals surface area contributed by atoms with Crippen LogP contribution in [0.3, 0.4) is 0 Å². The van der Waals surface area contributed by atoms with Crippen molar-refractivity contribution in [1.82, 2.24) is 19.4 Å². The molecule has 1 aliphatic rings. The first-order valence-corrected chi connectivity index (χ1v) is 12.0. The fourth-order valence-electron chi connectivity index (χ4n) is 4.44. The van der Waals surface area contributed by atoms with Crippen molar-refractivity contribution in [3.05, 3.63) is 54.8 Å². The third kappa shape index (κ3) is 5.53. The van der Waals surface area contributed by atoms with Gasteiger partial charge in [0.2, 0.25) is 5.91 Å². The topological polar surface area (TPSA) is 85.9 Å². The average molecular weight is 530 g/mol. The van der Waals surface area contributed by atoms with Gasteiger partial charge in [0.1, 0.15) is 18.0 Å².